The van der Waals surface area contributed by atoms with Crippen LogP contribution in [0.2, 0.25) is 0 Å². The van der Waals surface area contributed by atoms with Crippen LogP contribution in [0.1, 0.15) is 5.69 Å². The fraction of sp³-hybridized carbons (Fsp3) is 0.100. The van der Waals surface area contributed by atoms with Crippen LogP contribution in [0, 0.1) is 12.7 Å². The molecule has 1 aromatic heterocycles. The molecule has 72 valence electrons. The number of benzene rings is 1. The first-order chi connectivity index (χ1) is 6.70. The van der Waals surface area contributed by atoms with Crippen LogP contribution in [-0.4, -0.2) is 9.78 Å². The van der Waals surface area contributed by atoms with Crippen molar-refractivity contribution in [2.45, 2.75) is 6.92 Å². The van der Waals surface area contributed by atoms with E-state index in [1.807, 2.05) is 0 Å². The van der Waals surface area contributed by atoms with E-state index >= 15 is 0 Å². The van der Waals surface area contributed by atoms with Crippen LogP contribution in [0.15, 0.2) is 30.5 Å². The molecule has 2 aromatic rings. The molecule has 1 aromatic carbocycles. The number of nitrogen functional groups attached to an aromatic ring is 1. The second-order valence-electron chi connectivity index (χ2n) is 3.05. The number of nitrogens with two attached hydrogens (primary N) is 1. The average molecular weight is 191 g/mol. The van der Waals surface area contributed by atoms with Crippen molar-refractivity contribution in [3.63, 3.8) is 0 Å². The number of nitrogens with zero attached hydrogens (tertiary/aromatic N) is 2. The van der Waals surface area contributed by atoms with E-state index in [1.54, 1.807) is 25.1 Å². The fourth-order valence-electron chi connectivity index (χ4n) is 1.29. The minimum absolute atomic E-state index is 0.307. The van der Waals surface area contributed by atoms with Gasteiger partial charge in [0.1, 0.15) is 11.5 Å². The third-order valence-corrected chi connectivity index (χ3v) is 2.13. The van der Waals surface area contributed by atoms with Crippen LogP contribution in [0.3, 0.4) is 0 Å². The van der Waals surface area contributed by atoms with Crippen molar-refractivity contribution in [3.05, 3.63) is 42.0 Å². The number of rotatable bonds is 1. The molecule has 0 unspecified atom stereocenters. The molecule has 0 spiro atoms. The van der Waals surface area contributed by atoms with Gasteiger partial charge in [0.25, 0.3) is 0 Å². The molecule has 14 heavy (non-hydrogen) atoms. The van der Waals surface area contributed by atoms with E-state index in [4.69, 9.17) is 5.73 Å². The normalized spacial score (nSPS) is 10.4. The summed E-state index contributed by atoms with van der Waals surface area (Å²) in [6, 6.07) is 6.46. The van der Waals surface area contributed by atoms with E-state index < -0.39 is 0 Å². The maximum atomic E-state index is 13.4. The predicted octanol–water partition coefficient (Wildman–Crippen LogP) is 1.90. The molecule has 0 aliphatic carbocycles. The first kappa shape index (κ1) is 8.74. The van der Waals surface area contributed by atoms with Gasteiger partial charge in [-0.05, 0) is 19.1 Å². The Labute approximate surface area is 81.0 Å². The topological polar surface area (TPSA) is 43.8 Å². The Hall–Kier alpha value is -1.84. The maximum absolute atomic E-state index is 13.4. The number of para-hydroxylation sites is 1. The third-order valence-electron chi connectivity index (χ3n) is 2.13. The van der Waals surface area contributed by atoms with Crippen LogP contribution in [0.25, 0.3) is 5.69 Å². The van der Waals surface area contributed by atoms with Crippen LogP contribution >= 0.6 is 0 Å². The zero-order valence-corrected chi connectivity index (χ0v) is 7.74. The highest BCUT2D eigenvalue weighted by atomic mass is 19.1. The Balaban J connectivity index is 2.60. The van der Waals surface area contributed by atoms with Crippen LogP contribution in [0.5, 0.6) is 0 Å². The second-order valence-corrected chi connectivity index (χ2v) is 3.05. The lowest BCUT2D eigenvalue weighted by molar-refractivity contribution is 0.608. The molecule has 4 heteroatoms. The Kier molecular flexibility index (Phi) is 1.96. The fourth-order valence-corrected chi connectivity index (χ4v) is 1.29. The van der Waals surface area contributed by atoms with E-state index in [-0.39, 0.29) is 5.82 Å². The second kappa shape index (κ2) is 3.14. The molecular weight excluding hydrogens is 181 g/mol. The number of hydrogen-bond donors (Lipinski definition) is 1. The maximum Gasteiger partial charge on any atom is 0.148 e. The Morgan fingerprint density at radius 3 is 2.64 bits per heavy atom. The molecule has 2 N–H and O–H groups in total. The molecule has 0 saturated carbocycles. The molecule has 0 amide bonds. The quantitative estimate of drug-likeness (QED) is 0.748. The molecule has 0 atom stereocenters. The predicted molar refractivity (Wildman–Crippen MR) is 52.7 cm³/mol. The van der Waals surface area contributed by atoms with Gasteiger partial charge in [0, 0.05) is 0 Å². The Morgan fingerprint density at radius 2 is 2.07 bits per heavy atom. The Morgan fingerprint density at radius 1 is 1.36 bits per heavy atom. The first-order valence-electron chi connectivity index (χ1n) is 4.25. The van der Waals surface area contributed by atoms with Crippen molar-refractivity contribution in [2.75, 3.05) is 5.73 Å². The summed E-state index contributed by atoms with van der Waals surface area (Å²) >= 11 is 0. The van der Waals surface area contributed by atoms with Gasteiger partial charge in [-0.15, -0.1) is 0 Å². The standard InChI is InChI=1S/C10H10FN3/c1-7-9(12)6-13-14(7)10-5-3-2-4-8(10)11/h2-6H,12H2,1H3. The molecule has 0 aliphatic heterocycles. The van der Waals surface area contributed by atoms with Crippen molar-refractivity contribution < 1.29 is 4.39 Å². The van der Waals surface area contributed by atoms with Gasteiger partial charge in [-0.3, -0.25) is 0 Å². The highest BCUT2D eigenvalue weighted by Crippen LogP contribution is 2.17. The van der Waals surface area contributed by atoms with E-state index in [9.17, 15) is 4.39 Å². The van der Waals surface area contributed by atoms with Gasteiger partial charge in [-0.1, -0.05) is 12.1 Å². The largest absolute Gasteiger partial charge is 0.396 e. The minimum Gasteiger partial charge on any atom is -0.396 e. The van der Waals surface area contributed by atoms with Crippen molar-refractivity contribution in [3.8, 4) is 5.69 Å². The van der Waals surface area contributed by atoms with Gasteiger partial charge < -0.3 is 5.73 Å². The molecule has 2 rings (SSSR count). The molecule has 0 bridgehead atoms. The van der Waals surface area contributed by atoms with Gasteiger partial charge in [0.05, 0.1) is 17.6 Å². The van der Waals surface area contributed by atoms with E-state index in [2.05, 4.69) is 5.10 Å². The van der Waals surface area contributed by atoms with Crippen LogP contribution in [-0.2, 0) is 0 Å². The lowest BCUT2D eigenvalue weighted by Crippen LogP contribution is -2.01. The minimum atomic E-state index is -0.307. The summed E-state index contributed by atoms with van der Waals surface area (Å²) in [7, 11) is 0. The number of anilines is 1. The first-order valence-corrected chi connectivity index (χ1v) is 4.25. The molecule has 3 nitrogen and oxygen atoms in total. The molecule has 0 aliphatic rings. The molecule has 0 fully saturated rings. The van der Waals surface area contributed by atoms with E-state index in [0.29, 0.717) is 11.4 Å². The summed E-state index contributed by atoms with van der Waals surface area (Å²) in [5, 5.41) is 4.00. The highest BCUT2D eigenvalue weighted by Gasteiger charge is 2.08. The van der Waals surface area contributed by atoms with Gasteiger partial charge in [-0.2, -0.15) is 5.10 Å². The van der Waals surface area contributed by atoms with Crippen molar-refractivity contribution >= 4 is 5.69 Å². The highest BCUT2D eigenvalue weighted by molar-refractivity contribution is 5.45. The summed E-state index contributed by atoms with van der Waals surface area (Å²) in [6.07, 6.45) is 1.52. The monoisotopic (exact) mass is 191 g/mol. The SMILES string of the molecule is Cc1c(N)cnn1-c1ccccc1F. The van der Waals surface area contributed by atoms with Crippen molar-refractivity contribution in [1.82, 2.24) is 9.78 Å². The van der Waals surface area contributed by atoms with Gasteiger partial charge in [0.15, 0.2) is 0 Å². The lowest BCUT2D eigenvalue weighted by Gasteiger charge is -2.04. The van der Waals surface area contributed by atoms with Crippen molar-refractivity contribution in [1.29, 1.82) is 0 Å². The van der Waals surface area contributed by atoms with Gasteiger partial charge in [0.2, 0.25) is 0 Å². The zero-order chi connectivity index (χ0) is 10.1. The summed E-state index contributed by atoms with van der Waals surface area (Å²) in [4.78, 5) is 0. The molecular formula is C10H10FN3. The van der Waals surface area contributed by atoms with Crippen molar-refractivity contribution in [2.24, 2.45) is 0 Å². The molecule has 0 radical (unpaired) electrons. The van der Waals surface area contributed by atoms with Crippen LogP contribution in [0.4, 0.5) is 10.1 Å². The van der Waals surface area contributed by atoms with Gasteiger partial charge in [-0.25, -0.2) is 9.07 Å². The number of halogens is 1. The average Bonchev–Trinajstić information content (AvgIpc) is 2.49. The van der Waals surface area contributed by atoms with E-state index in [0.717, 1.165) is 5.69 Å². The molecule has 0 saturated heterocycles. The van der Waals surface area contributed by atoms with E-state index in [1.165, 1.54) is 16.9 Å². The number of hydrogen-bond acceptors (Lipinski definition) is 2. The summed E-state index contributed by atoms with van der Waals surface area (Å²) in [6.45, 7) is 1.80. The lowest BCUT2D eigenvalue weighted by atomic mass is 10.3. The molecule has 1 heterocycles. The zero-order valence-electron chi connectivity index (χ0n) is 7.74. The van der Waals surface area contributed by atoms with Gasteiger partial charge >= 0.3 is 0 Å². The summed E-state index contributed by atoms with van der Waals surface area (Å²) in [5.41, 5.74) is 7.35. The smallest absolute Gasteiger partial charge is 0.148 e. The van der Waals surface area contributed by atoms with Crippen LogP contribution < -0.4 is 5.73 Å². The summed E-state index contributed by atoms with van der Waals surface area (Å²) in [5.74, 6) is -0.307. The number of aromatic nitrogens is 2. The third kappa shape index (κ3) is 1.25. The Bertz CT molecular complexity index is 462. The summed E-state index contributed by atoms with van der Waals surface area (Å²) < 4.78 is 14.9.